The number of rotatable bonds is 2. The molecule has 1 aromatic rings. The van der Waals surface area contributed by atoms with Crippen molar-refractivity contribution in [1.29, 1.82) is 0 Å². The van der Waals surface area contributed by atoms with Crippen LogP contribution in [0.15, 0.2) is 6.07 Å². The number of carbonyl (C=O) groups excluding carboxylic acids is 2. The molecule has 2 heterocycles. The highest BCUT2D eigenvalue weighted by Gasteiger charge is 2.41. The van der Waals surface area contributed by atoms with E-state index < -0.39 is 23.3 Å². The zero-order chi connectivity index (χ0) is 14.4. The van der Waals surface area contributed by atoms with Crippen molar-refractivity contribution in [1.82, 2.24) is 0 Å². The maximum Gasteiger partial charge on any atom is 0.202 e. The Balaban J connectivity index is 2.24. The summed E-state index contributed by atoms with van der Waals surface area (Å²) in [7, 11) is 0. The Morgan fingerprint density at radius 2 is 2.25 bits per heavy atom. The average Bonchev–Trinajstić information content (AvgIpc) is 2.46. The van der Waals surface area contributed by atoms with Crippen molar-refractivity contribution in [3.63, 3.8) is 0 Å². The molecule has 0 spiro atoms. The van der Waals surface area contributed by atoms with Crippen LogP contribution in [0, 0.1) is 17.6 Å². The molecule has 2 aliphatic rings. The van der Waals surface area contributed by atoms with Gasteiger partial charge in [0.1, 0.15) is 12.9 Å². The number of benzene rings is 1. The minimum Gasteiger partial charge on any atom is -0.486 e. The predicted molar refractivity (Wildman–Crippen MR) is 67.2 cm³/mol. The summed E-state index contributed by atoms with van der Waals surface area (Å²) in [4.78, 5) is 25.0. The van der Waals surface area contributed by atoms with E-state index in [-0.39, 0.29) is 36.2 Å². The first-order valence-corrected chi connectivity index (χ1v) is 6.49. The molecule has 2 aliphatic heterocycles. The summed E-state index contributed by atoms with van der Waals surface area (Å²) in [6.45, 7) is 2.34. The Bertz CT molecular complexity index is 603. The van der Waals surface area contributed by atoms with Crippen LogP contribution in [0.5, 0.6) is 5.75 Å². The molecule has 6 heteroatoms. The van der Waals surface area contributed by atoms with Crippen molar-refractivity contribution >= 4 is 17.8 Å². The highest BCUT2D eigenvalue weighted by molar-refractivity contribution is 6.12. The normalized spacial score (nSPS) is 24.1. The SMILES string of the molecule is CCC1COc2c(F)c(F)cc3c2N1CC(C=O)C3=O. The quantitative estimate of drug-likeness (QED) is 0.614. The zero-order valence-electron chi connectivity index (χ0n) is 10.9. The topological polar surface area (TPSA) is 46.6 Å². The maximum absolute atomic E-state index is 13.8. The molecule has 0 fully saturated rings. The Kier molecular flexibility index (Phi) is 2.96. The third-order valence-corrected chi connectivity index (χ3v) is 3.93. The minimum atomic E-state index is -1.13. The second kappa shape index (κ2) is 4.54. The van der Waals surface area contributed by atoms with E-state index in [1.165, 1.54) is 0 Å². The molecule has 4 nitrogen and oxygen atoms in total. The van der Waals surface area contributed by atoms with Crippen molar-refractivity contribution < 1.29 is 23.1 Å². The molecule has 1 aromatic carbocycles. The van der Waals surface area contributed by atoms with E-state index in [1.54, 1.807) is 4.90 Å². The number of carbonyl (C=O) groups is 2. The van der Waals surface area contributed by atoms with Gasteiger partial charge in [0.05, 0.1) is 17.6 Å². The number of halogens is 2. The van der Waals surface area contributed by atoms with E-state index in [0.717, 1.165) is 12.5 Å². The first kappa shape index (κ1) is 13.0. The van der Waals surface area contributed by atoms with E-state index in [9.17, 15) is 18.4 Å². The second-order valence-corrected chi connectivity index (χ2v) is 5.03. The maximum atomic E-state index is 13.8. The number of anilines is 1. The number of ether oxygens (including phenoxy) is 1. The van der Waals surface area contributed by atoms with E-state index >= 15 is 0 Å². The molecule has 0 saturated carbocycles. The largest absolute Gasteiger partial charge is 0.486 e. The van der Waals surface area contributed by atoms with Crippen molar-refractivity contribution in [3.8, 4) is 5.75 Å². The van der Waals surface area contributed by atoms with Crippen molar-refractivity contribution in [3.05, 3.63) is 23.3 Å². The molecular formula is C14H13F2NO3. The van der Waals surface area contributed by atoms with Gasteiger partial charge >= 0.3 is 0 Å². The molecule has 0 bridgehead atoms. The summed E-state index contributed by atoms with van der Waals surface area (Å²) < 4.78 is 32.7. The molecule has 0 aromatic heterocycles. The van der Waals surface area contributed by atoms with Crippen LogP contribution in [0.1, 0.15) is 23.7 Å². The second-order valence-electron chi connectivity index (χ2n) is 5.03. The number of hydrogen-bond acceptors (Lipinski definition) is 4. The Hall–Kier alpha value is -1.98. The molecule has 2 unspecified atom stereocenters. The minimum absolute atomic E-state index is 0.0281. The summed E-state index contributed by atoms with van der Waals surface area (Å²) in [6.07, 6.45) is 1.28. The first-order valence-electron chi connectivity index (χ1n) is 6.49. The van der Waals surface area contributed by atoms with Crippen LogP contribution < -0.4 is 9.64 Å². The first-order chi connectivity index (χ1) is 9.58. The lowest BCUT2D eigenvalue weighted by molar-refractivity contribution is -0.109. The van der Waals surface area contributed by atoms with Crippen molar-refractivity contribution in [2.24, 2.45) is 5.92 Å². The number of aldehydes is 1. The Morgan fingerprint density at radius 1 is 1.50 bits per heavy atom. The molecule has 0 N–H and O–H groups in total. The monoisotopic (exact) mass is 281 g/mol. The fraction of sp³-hybridized carbons (Fsp3) is 0.429. The van der Waals surface area contributed by atoms with Crippen LogP contribution in [0.3, 0.4) is 0 Å². The predicted octanol–water partition coefficient (Wildman–Crippen LogP) is 1.95. The molecule has 20 heavy (non-hydrogen) atoms. The Labute approximate surface area is 114 Å². The number of Topliss-reactive ketones (excluding diaryl/α,β-unsaturated/α-hetero) is 1. The summed E-state index contributed by atoms with van der Waals surface area (Å²) in [5, 5.41) is 0. The van der Waals surface area contributed by atoms with Gasteiger partial charge < -0.3 is 14.4 Å². The molecule has 0 radical (unpaired) electrons. The van der Waals surface area contributed by atoms with Gasteiger partial charge in [-0.25, -0.2) is 4.39 Å². The van der Waals surface area contributed by atoms with E-state index in [1.807, 2.05) is 6.92 Å². The number of hydrogen-bond donors (Lipinski definition) is 0. The van der Waals surface area contributed by atoms with E-state index in [0.29, 0.717) is 6.29 Å². The van der Waals surface area contributed by atoms with Crippen molar-refractivity contribution in [2.75, 3.05) is 18.1 Å². The fourth-order valence-electron chi connectivity index (χ4n) is 2.83. The lowest BCUT2D eigenvalue weighted by Gasteiger charge is -2.43. The van der Waals surface area contributed by atoms with Gasteiger partial charge in [-0.2, -0.15) is 4.39 Å². The molecule has 0 saturated heterocycles. The van der Waals surface area contributed by atoms with Crippen LogP contribution >= 0.6 is 0 Å². The van der Waals surface area contributed by atoms with Gasteiger partial charge in [-0.05, 0) is 12.5 Å². The zero-order valence-corrected chi connectivity index (χ0v) is 10.9. The lowest BCUT2D eigenvalue weighted by atomic mass is 9.89. The molecular weight excluding hydrogens is 268 g/mol. The summed E-state index contributed by atoms with van der Waals surface area (Å²) in [5.41, 5.74) is 0.311. The van der Waals surface area contributed by atoms with Gasteiger partial charge in [0, 0.05) is 12.1 Å². The van der Waals surface area contributed by atoms with Gasteiger partial charge in [0.15, 0.2) is 17.3 Å². The van der Waals surface area contributed by atoms with Crippen molar-refractivity contribution in [2.45, 2.75) is 19.4 Å². The Morgan fingerprint density at radius 3 is 2.90 bits per heavy atom. The fourth-order valence-corrected chi connectivity index (χ4v) is 2.83. The third-order valence-electron chi connectivity index (χ3n) is 3.93. The average molecular weight is 281 g/mol. The van der Waals surface area contributed by atoms with Crippen LogP contribution in [0.25, 0.3) is 0 Å². The molecule has 0 aliphatic carbocycles. The highest BCUT2D eigenvalue weighted by Crippen LogP contribution is 2.44. The van der Waals surface area contributed by atoms with Crippen LogP contribution in [0.4, 0.5) is 14.5 Å². The summed E-state index contributed by atoms with van der Waals surface area (Å²) in [6, 6.07) is 0.808. The summed E-state index contributed by atoms with van der Waals surface area (Å²) >= 11 is 0. The highest BCUT2D eigenvalue weighted by atomic mass is 19.2. The van der Waals surface area contributed by atoms with E-state index in [2.05, 4.69) is 0 Å². The molecule has 106 valence electrons. The number of ketones is 1. The lowest BCUT2D eigenvalue weighted by Crippen LogP contribution is -2.50. The molecule has 0 amide bonds. The number of nitrogens with zero attached hydrogens (tertiary/aromatic N) is 1. The van der Waals surface area contributed by atoms with Crippen LogP contribution in [-0.2, 0) is 4.79 Å². The smallest absolute Gasteiger partial charge is 0.202 e. The van der Waals surface area contributed by atoms with Gasteiger partial charge in [-0.1, -0.05) is 6.92 Å². The van der Waals surface area contributed by atoms with Gasteiger partial charge in [-0.15, -0.1) is 0 Å². The van der Waals surface area contributed by atoms with Gasteiger partial charge in [-0.3, -0.25) is 4.79 Å². The van der Waals surface area contributed by atoms with Crippen LogP contribution in [0.2, 0.25) is 0 Å². The molecule has 3 rings (SSSR count). The standard InChI is InChI=1S/C14H13F2NO3/c1-2-8-6-20-14-11(16)10(15)3-9-12(14)17(8)4-7(5-18)13(9)19/h3,5,7-8H,2,4,6H2,1H3. The van der Waals surface area contributed by atoms with E-state index in [4.69, 9.17) is 4.74 Å². The van der Waals surface area contributed by atoms with Gasteiger partial charge in [0.25, 0.3) is 0 Å². The summed E-state index contributed by atoms with van der Waals surface area (Å²) in [5.74, 6) is -3.75. The third kappa shape index (κ3) is 1.63. The van der Waals surface area contributed by atoms with Gasteiger partial charge in [0.2, 0.25) is 5.82 Å². The van der Waals surface area contributed by atoms with Crippen LogP contribution in [-0.4, -0.2) is 31.3 Å². The molecule has 2 atom stereocenters.